The number of rotatable bonds is 5. The number of aromatic nitrogens is 1. The number of hydrogen-bond acceptors (Lipinski definition) is 4. The average molecular weight is 290 g/mol. The van der Waals surface area contributed by atoms with Crippen molar-refractivity contribution in [1.82, 2.24) is 4.98 Å². The minimum absolute atomic E-state index is 0.371. The average Bonchev–Trinajstić information content (AvgIpc) is 2.82. The van der Waals surface area contributed by atoms with Crippen molar-refractivity contribution in [2.75, 3.05) is 6.61 Å². The molecule has 2 N–H and O–H groups in total. The van der Waals surface area contributed by atoms with Gasteiger partial charge in [-0.2, -0.15) is 0 Å². The first kappa shape index (κ1) is 15.0. The maximum Gasteiger partial charge on any atom is 0.119 e. The summed E-state index contributed by atoms with van der Waals surface area (Å²) in [4.78, 5) is 4.56. The van der Waals surface area contributed by atoms with Gasteiger partial charge in [-0.1, -0.05) is 6.07 Å². The number of hydrogen-bond donors (Lipinski definition) is 1. The summed E-state index contributed by atoms with van der Waals surface area (Å²) in [7, 11) is 0. The van der Waals surface area contributed by atoms with Gasteiger partial charge in [0.2, 0.25) is 0 Å². The predicted molar refractivity (Wildman–Crippen MR) is 84.4 cm³/mol. The zero-order valence-electron chi connectivity index (χ0n) is 12.6. The van der Waals surface area contributed by atoms with Crippen molar-refractivity contribution in [1.29, 1.82) is 0 Å². The number of nitrogens with two attached hydrogens (primary N) is 1. The zero-order chi connectivity index (χ0) is 14.8. The lowest BCUT2D eigenvalue weighted by Gasteiger charge is -2.14. The van der Waals surface area contributed by atoms with Crippen LogP contribution in [-0.4, -0.2) is 11.6 Å². The van der Waals surface area contributed by atoms with Crippen molar-refractivity contribution < 1.29 is 4.74 Å². The molecule has 1 aromatic carbocycles. The van der Waals surface area contributed by atoms with Crippen molar-refractivity contribution in [3.8, 4) is 5.75 Å². The smallest absolute Gasteiger partial charge is 0.119 e. The molecule has 0 atom stereocenters. The molecule has 4 heteroatoms. The summed E-state index contributed by atoms with van der Waals surface area (Å²) in [6.45, 7) is 8.78. The monoisotopic (exact) mass is 290 g/mol. The third-order valence-electron chi connectivity index (χ3n) is 3.27. The highest BCUT2D eigenvalue weighted by molar-refractivity contribution is 7.09. The molecule has 0 radical (unpaired) electrons. The standard InChI is InChI=1S/C16H22N2OS/c1-11-5-6-13(9-12(11)2)19-8-7-15-18-14(10-20-15)16(3,4)17/h5-6,9-10H,7-8,17H2,1-4H3. The van der Waals surface area contributed by atoms with Gasteiger partial charge in [0.1, 0.15) is 5.75 Å². The van der Waals surface area contributed by atoms with Gasteiger partial charge in [-0.05, 0) is 51.0 Å². The van der Waals surface area contributed by atoms with E-state index in [9.17, 15) is 0 Å². The van der Waals surface area contributed by atoms with E-state index >= 15 is 0 Å². The van der Waals surface area contributed by atoms with Crippen LogP contribution in [0.1, 0.15) is 35.7 Å². The molecule has 0 spiro atoms. The largest absolute Gasteiger partial charge is 0.493 e. The Kier molecular flexibility index (Phi) is 4.45. The highest BCUT2D eigenvalue weighted by atomic mass is 32.1. The summed E-state index contributed by atoms with van der Waals surface area (Å²) in [5.41, 5.74) is 9.15. The Morgan fingerprint density at radius 2 is 2.00 bits per heavy atom. The third kappa shape index (κ3) is 3.81. The first-order valence-corrected chi connectivity index (χ1v) is 7.68. The van der Waals surface area contributed by atoms with Crippen LogP contribution in [0, 0.1) is 13.8 Å². The fourth-order valence-corrected chi connectivity index (χ4v) is 2.74. The number of thiazole rings is 1. The molecule has 3 nitrogen and oxygen atoms in total. The van der Waals surface area contributed by atoms with Crippen LogP contribution in [-0.2, 0) is 12.0 Å². The van der Waals surface area contributed by atoms with Crippen LogP contribution in [0.5, 0.6) is 5.75 Å². The zero-order valence-corrected chi connectivity index (χ0v) is 13.4. The van der Waals surface area contributed by atoms with Gasteiger partial charge >= 0.3 is 0 Å². The minimum Gasteiger partial charge on any atom is -0.493 e. The van der Waals surface area contributed by atoms with Crippen LogP contribution in [0.2, 0.25) is 0 Å². The number of ether oxygens (including phenoxy) is 1. The summed E-state index contributed by atoms with van der Waals surface area (Å²) < 4.78 is 5.78. The number of aryl methyl sites for hydroxylation is 2. The van der Waals surface area contributed by atoms with Gasteiger partial charge in [-0.25, -0.2) is 4.98 Å². The number of nitrogens with zero attached hydrogens (tertiary/aromatic N) is 1. The van der Waals surface area contributed by atoms with E-state index < -0.39 is 0 Å². The topological polar surface area (TPSA) is 48.1 Å². The summed E-state index contributed by atoms with van der Waals surface area (Å²) in [5.74, 6) is 0.920. The van der Waals surface area contributed by atoms with Crippen LogP contribution in [0.15, 0.2) is 23.6 Å². The van der Waals surface area contributed by atoms with Crippen LogP contribution in [0.3, 0.4) is 0 Å². The Hall–Kier alpha value is -1.39. The van der Waals surface area contributed by atoms with Crippen LogP contribution in [0.4, 0.5) is 0 Å². The lowest BCUT2D eigenvalue weighted by atomic mass is 10.0. The summed E-state index contributed by atoms with van der Waals surface area (Å²) >= 11 is 1.65. The van der Waals surface area contributed by atoms with E-state index in [0.717, 1.165) is 22.9 Å². The molecule has 108 valence electrons. The van der Waals surface area contributed by atoms with Gasteiger partial charge in [-0.3, -0.25) is 0 Å². The Balaban J connectivity index is 1.89. The van der Waals surface area contributed by atoms with Crippen molar-refractivity contribution in [2.45, 2.75) is 39.7 Å². The molecule has 1 aromatic heterocycles. The molecule has 0 saturated carbocycles. The summed E-state index contributed by atoms with van der Waals surface area (Å²) in [5, 5.41) is 3.10. The normalized spacial score (nSPS) is 11.7. The Bertz CT molecular complexity index is 584. The maximum absolute atomic E-state index is 6.03. The number of benzene rings is 1. The molecule has 20 heavy (non-hydrogen) atoms. The minimum atomic E-state index is -0.371. The van der Waals surface area contributed by atoms with Gasteiger partial charge in [-0.15, -0.1) is 11.3 Å². The molecular formula is C16H22N2OS. The molecule has 2 rings (SSSR count). The molecular weight excluding hydrogens is 268 g/mol. The SMILES string of the molecule is Cc1ccc(OCCc2nc(C(C)(C)N)cs2)cc1C. The molecule has 0 unspecified atom stereocenters. The van der Waals surface area contributed by atoms with Gasteiger partial charge < -0.3 is 10.5 Å². The van der Waals surface area contributed by atoms with Crippen molar-refractivity contribution in [2.24, 2.45) is 5.73 Å². The van der Waals surface area contributed by atoms with Gasteiger partial charge in [0.15, 0.2) is 0 Å². The second-order valence-corrected chi connectivity index (χ2v) is 6.64. The van der Waals surface area contributed by atoms with Gasteiger partial charge in [0.25, 0.3) is 0 Å². The van der Waals surface area contributed by atoms with E-state index in [0.29, 0.717) is 6.61 Å². The first-order chi connectivity index (χ1) is 9.36. The molecule has 0 aliphatic carbocycles. The van der Waals surface area contributed by atoms with E-state index in [1.165, 1.54) is 11.1 Å². The van der Waals surface area contributed by atoms with Crippen molar-refractivity contribution in [3.05, 3.63) is 45.4 Å². The van der Waals surface area contributed by atoms with Crippen molar-refractivity contribution in [3.63, 3.8) is 0 Å². The fourth-order valence-electron chi connectivity index (χ4n) is 1.78. The van der Waals surface area contributed by atoms with E-state index in [-0.39, 0.29) is 5.54 Å². The summed E-state index contributed by atoms with van der Waals surface area (Å²) in [6, 6.07) is 6.17. The molecule has 2 aromatic rings. The highest BCUT2D eigenvalue weighted by Gasteiger charge is 2.17. The second-order valence-electron chi connectivity index (χ2n) is 5.69. The van der Waals surface area contributed by atoms with Crippen molar-refractivity contribution >= 4 is 11.3 Å². The molecule has 0 saturated heterocycles. The molecule has 0 fully saturated rings. The van der Waals surface area contributed by atoms with E-state index in [1.54, 1.807) is 11.3 Å². The predicted octanol–water partition coefficient (Wildman–Crippen LogP) is 3.58. The van der Waals surface area contributed by atoms with E-state index in [4.69, 9.17) is 10.5 Å². The quantitative estimate of drug-likeness (QED) is 0.915. The molecule has 0 aliphatic heterocycles. The molecule has 0 bridgehead atoms. The second kappa shape index (κ2) is 5.94. The van der Waals surface area contributed by atoms with Crippen LogP contribution in [0.25, 0.3) is 0 Å². The first-order valence-electron chi connectivity index (χ1n) is 6.80. The van der Waals surface area contributed by atoms with Crippen LogP contribution >= 0.6 is 11.3 Å². The van der Waals surface area contributed by atoms with E-state index in [2.05, 4.69) is 31.0 Å². The molecule has 0 amide bonds. The van der Waals surface area contributed by atoms with Gasteiger partial charge in [0.05, 0.1) is 22.8 Å². The van der Waals surface area contributed by atoms with Crippen LogP contribution < -0.4 is 10.5 Å². The third-order valence-corrected chi connectivity index (χ3v) is 4.18. The van der Waals surface area contributed by atoms with Gasteiger partial charge in [0, 0.05) is 11.8 Å². The summed E-state index contributed by atoms with van der Waals surface area (Å²) in [6.07, 6.45) is 0.813. The van der Waals surface area contributed by atoms with E-state index in [1.807, 2.05) is 25.3 Å². The molecule has 1 heterocycles. The highest BCUT2D eigenvalue weighted by Crippen LogP contribution is 2.21. The lowest BCUT2D eigenvalue weighted by molar-refractivity contribution is 0.321. The Labute approximate surface area is 124 Å². The fraction of sp³-hybridized carbons (Fsp3) is 0.438. The maximum atomic E-state index is 6.03. The Morgan fingerprint density at radius 1 is 1.25 bits per heavy atom. The lowest BCUT2D eigenvalue weighted by Crippen LogP contribution is -2.29. The Morgan fingerprint density at radius 3 is 2.60 bits per heavy atom. The molecule has 0 aliphatic rings.